The molecule has 1 aromatic rings. The molecule has 6 nitrogen and oxygen atoms in total. The van der Waals surface area contributed by atoms with Crippen molar-refractivity contribution >= 4 is 17.9 Å². The average molecular weight is 292 g/mol. The molecule has 0 aliphatic heterocycles. The highest BCUT2D eigenvalue weighted by Gasteiger charge is 2.30. The van der Waals surface area contributed by atoms with Gasteiger partial charge < -0.3 is 15.3 Å². The number of carboxylic acid groups (broad SMARTS) is 3. The first-order chi connectivity index (χ1) is 9.93. The summed E-state index contributed by atoms with van der Waals surface area (Å²) in [7, 11) is 0. The molecule has 0 atom stereocenters. The monoisotopic (exact) mass is 292 g/mol. The van der Waals surface area contributed by atoms with Crippen LogP contribution in [0.4, 0.5) is 0 Å². The summed E-state index contributed by atoms with van der Waals surface area (Å²) < 4.78 is 0. The Morgan fingerprint density at radius 3 is 1.81 bits per heavy atom. The van der Waals surface area contributed by atoms with Crippen molar-refractivity contribution in [2.24, 2.45) is 0 Å². The first-order valence-electron chi connectivity index (χ1n) is 6.80. The van der Waals surface area contributed by atoms with E-state index in [1.807, 2.05) is 0 Å². The van der Waals surface area contributed by atoms with Crippen molar-refractivity contribution in [3.05, 3.63) is 34.4 Å². The molecule has 0 saturated heterocycles. The molecule has 2 rings (SSSR count). The van der Waals surface area contributed by atoms with E-state index in [4.69, 9.17) is 5.11 Å². The van der Waals surface area contributed by atoms with E-state index in [0.29, 0.717) is 12.8 Å². The molecule has 0 aromatic heterocycles. The summed E-state index contributed by atoms with van der Waals surface area (Å²) in [6, 6.07) is 2.25. The van der Waals surface area contributed by atoms with Crippen LogP contribution in [0.5, 0.6) is 0 Å². The van der Waals surface area contributed by atoms with Crippen LogP contribution < -0.4 is 0 Å². The van der Waals surface area contributed by atoms with E-state index in [-0.39, 0.29) is 28.2 Å². The second-order valence-electron chi connectivity index (χ2n) is 5.20. The van der Waals surface area contributed by atoms with Crippen molar-refractivity contribution in [1.29, 1.82) is 0 Å². The zero-order valence-electron chi connectivity index (χ0n) is 11.3. The number of rotatable bonds is 4. The molecule has 0 radical (unpaired) electrons. The van der Waals surface area contributed by atoms with Crippen LogP contribution in [0.15, 0.2) is 12.1 Å². The Morgan fingerprint density at radius 2 is 1.33 bits per heavy atom. The molecule has 1 aliphatic carbocycles. The molecule has 21 heavy (non-hydrogen) atoms. The number of carboxylic acids is 3. The van der Waals surface area contributed by atoms with Gasteiger partial charge in [0.05, 0.1) is 16.7 Å². The van der Waals surface area contributed by atoms with Gasteiger partial charge in [0.1, 0.15) is 0 Å². The highest BCUT2D eigenvalue weighted by Crippen LogP contribution is 2.37. The fraction of sp³-hybridized carbons (Fsp3) is 0.400. The summed E-state index contributed by atoms with van der Waals surface area (Å²) in [6.07, 6.45) is 4.17. The first-order valence-corrected chi connectivity index (χ1v) is 6.80. The summed E-state index contributed by atoms with van der Waals surface area (Å²) in [5.41, 5.74) is -0.679. The van der Waals surface area contributed by atoms with Gasteiger partial charge >= 0.3 is 17.9 Å². The van der Waals surface area contributed by atoms with Crippen LogP contribution in [0, 0.1) is 0 Å². The van der Waals surface area contributed by atoms with E-state index < -0.39 is 17.9 Å². The Balaban J connectivity index is 2.71. The van der Waals surface area contributed by atoms with Crippen LogP contribution in [-0.4, -0.2) is 33.2 Å². The quantitative estimate of drug-likeness (QED) is 0.786. The molecule has 1 fully saturated rings. The molecule has 3 N–H and O–H groups in total. The molecule has 0 unspecified atom stereocenters. The zero-order chi connectivity index (χ0) is 15.6. The van der Waals surface area contributed by atoms with E-state index >= 15 is 0 Å². The van der Waals surface area contributed by atoms with Gasteiger partial charge in [-0.1, -0.05) is 19.3 Å². The second kappa shape index (κ2) is 5.95. The van der Waals surface area contributed by atoms with Crippen molar-refractivity contribution in [2.75, 3.05) is 0 Å². The lowest BCUT2D eigenvalue weighted by Crippen LogP contribution is -2.19. The Morgan fingerprint density at radius 1 is 0.810 bits per heavy atom. The highest BCUT2D eigenvalue weighted by atomic mass is 16.4. The van der Waals surface area contributed by atoms with E-state index in [1.54, 1.807) is 0 Å². The zero-order valence-corrected chi connectivity index (χ0v) is 11.3. The summed E-state index contributed by atoms with van der Waals surface area (Å²) in [4.78, 5) is 34.1. The molecule has 0 bridgehead atoms. The molecule has 0 heterocycles. The summed E-state index contributed by atoms with van der Waals surface area (Å²) in [6.45, 7) is 0. The first kappa shape index (κ1) is 15.0. The number of benzene rings is 1. The van der Waals surface area contributed by atoms with Crippen molar-refractivity contribution in [2.45, 2.75) is 38.0 Å². The molecular weight excluding hydrogens is 276 g/mol. The van der Waals surface area contributed by atoms with E-state index in [1.165, 1.54) is 6.07 Å². The van der Waals surface area contributed by atoms with Crippen LogP contribution in [-0.2, 0) is 0 Å². The number of hydrogen-bond donors (Lipinski definition) is 3. The van der Waals surface area contributed by atoms with Gasteiger partial charge in [-0.05, 0) is 36.5 Å². The third-order valence-electron chi connectivity index (χ3n) is 3.93. The van der Waals surface area contributed by atoms with Gasteiger partial charge in [0, 0.05) is 0 Å². The Kier molecular flexibility index (Phi) is 4.26. The molecule has 1 aromatic carbocycles. The maximum Gasteiger partial charge on any atom is 0.336 e. The highest BCUT2D eigenvalue weighted by molar-refractivity contribution is 6.05. The standard InChI is InChI=1S/C15H16O6/c16-13(17)9-6-7-10(14(18)19)12(15(20)21)11(9)8-4-2-1-3-5-8/h6-8H,1-5H2,(H,16,17)(H,18,19)(H,20,21). The Labute approximate surface area is 121 Å². The Bertz CT molecular complexity index is 598. The maximum absolute atomic E-state index is 11.5. The van der Waals surface area contributed by atoms with Crippen LogP contribution >= 0.6 is 0 Å². The van der Waals surface area contributed by atoms with Crippen molar-refractivity contribution in [3.8, 4) is 0 Å². The van der Waals surface area contributed by atoms with Crippen molar-refractivity contribution < 1.29 is 29.7 Å². The number of hydrogen-bond acceptors (Lipinski definition) is 3. The van der Waals surface area contributed by atoms with Crippen LogP contribution in [0.2, 0.25) is 0 Å². The minimum atomic E-state index is -1.39. The fourth-order valence-electron chi connectivity index (χ4n) is 3.03. The lowest BCUT2D eigenvalue weighted by Gasteiger charge is -2.25. The number of carbonyl (C=O) groups is 3. The molecular formula is C15H16O6. The average Bonchev–Trinajstić information content (AvgIpc) is 2.46. The third kappa shape index (κ3) is 2.89. The van der Waals surface area contributed by atoms with E-state index in [9.17, 15) is 24.6 Å². The third-order valence-corrected chi connectivity index (χ3v) is 3.93. The molecule has 1 saturated carbocycles. The normalized spacial score (nSPS) is 15.6. The molecule has 1 aliphatic rings. The number of aromatic carboxylic acids is 3. The van der Waals surface area contributed by atoms with Crippen molar-refractivity contribution in [1.82, 2.24) is 0 Å². The predicted molar refractivity (Wildman–Crippen MR) is 73.1 cm³/mol. The molecule has 0 amide bonds. The lowest BCUT2D eigenvalue weighted by atomic mass is 9.78. The summed E-state index contributed by atoms with van der Waals surface area (Å²) >= 11 is 0. The van der Waals surface area contributed by atoms with Crippen LogP contribution in [0.3, 0.4) is 0 Å². The van der Waals surface area contributed by atoms with Crippen LogP contribution in [0.1, 0.15) is 74.7 Å². The van der Waals surface area contributed by atoms with Gasteiger partial charge in [0.2, 0.25) is 0 Å². The topological polar surface area (TPSA) is 112 Å². The minimum Gasteiger partial charge on any atom is -0.478 e. The Hall–Kier alpha value is -2.37. The molecule has 6 heteroatoms. The predicted octanol–water partition coefficient (Wildman–Crippen LogP) is 2.83. The maximum atomic E-state index is 11.5. The summed E-state index contributed by atoms with van der Waals surface area (Å²) in [5.74, 6) is -4.19. The van der Waals surface area contributed by atoms with Gasteiger partial charge in [-0.2, -0.15) is 0 Å². The largest absolute Gasteiger partial charge is 0.478 e. The molecule has 112 valence electrons. The van der Waals surface area contributed by atoms with Crippen molar-refractivity contribution in [3.63, 3.8) is 0 Å². The smallest absolute Gasteiger partial charge is 0.336 e. The van der Waals surface area contributed by atoms with Gasteiger partial charge in [-0.25, -0.2) is 14.4 Å². The minimum absolute atomic E-state index is 0.107. The van der Waals surface area contributed by atoms with Gasteiger partial charge in [-0.15, -0.1) is 0 Å². The van der Waals surface area contributed by atoms with E-state index in [2.05, 4.69) is 0 Å². The van der Waals surface area contributed by atoms with Gasteiger partial charge in [-0.3, -0.25) is 0 Å². The van der Waals surface area contributed by atoms with Gasteiger partial charge in [0.15, 0.2) is 0 Å². The van der Waals surface area contributed by atoms with E-state index in [0.717, 1.165) is 25.3 Å². The molecule has 0 spiro atoms. The second-order valence-corrected chi connectivity index (χ2v) is 5.20. The summed E-state index contributed by atoms with van der Waals surface area (Å²) in [5, 5.41) is 27.8. The van der Waals surface area contributed by atoms with Gasteiger partial charge in [0.25, 0.3) is 0 Å². The SMILES string of the molecule is O=C(O)c1ccc(C(=O)O)c(C2CCCCC2)c1C(=O)O. The fourth-order valence-corrected chi connectivity index (χ4v) is 3.03. The lowest BCUT2D eigenvalue weighted by molar-refractivity contribution is 0.0646. The van der Waals surface area contributed by atoms with Crippen LogP contribution in [0.25, 0.3) is 0 Å².